The van der Waals surface area contributed by atoms with E-state index in [0.717, 1.165) is 17.1 Å². The van der Waals surface area contributed by atoms with Gasteiger partial charge in [0, 0.05) is 31.5 Å². The Labute approximate surface area is 179 Å². The molecule has 156 valence electrons. The summed E-state index contributed by atoms with van der Waals surface area (Å²) in [4.78, 5) is 14.8. The van der Waals surface area contributed by atoms with Crippen molar-refractivity contribution in [3.05, 3.63) is 71.5 Å². The van der Waals surface area contributed by atoms with E-state index in [1.807, 2.05) is 41.0 Å². The van der Waals surface area contributed by atoms with Crippen molar-refractivity contribution >= 4 is 5.91 Å². The molecule has 2 aromatic carbocycles. The summed E-state index contributed by atoms with van der Waals surface area (Å²) in [5, 5.41) is 19.4. The molecule has 0 unspecified atom stereocenters. The van der Waals surface area contributed by atoms with Crippen molar-refractivity contribution in [2.75, 3.05) is 20.2 Å². The standard InChI is InChI=1S/C24H21N3O4/c1-30-21-14-16(6-8-19(21)28)23(29)26-12-10-24(11-13-26)22-9-7-17(15-25)27(22)18-4-2-3-5-20(18)31-24/h2-9,14,28H,10-13H2,1H3. The maximum Gasteiger partial charge on any atom is 0.253 e. The smallest absolute Gasteiger partial charge is 0.253 e. The largest absolute Gasteiger partial charge is 0.504 e. The average molecular weight is 415 g/mol. The highest BCUT2D eigenvalue weighted by atomic mass is 16.5. The van der Waals surface area contributed by atoms with Gasteiger partial charge in [-0.15, -0.1) is 0 Å². The van der Waals surface area contributed by atoms with Gasteiger partial charge in [-0.3, -0.25) is 9.36 Å². The molecule has 1 amide bonds. The summed E-state index contributed by atoms with van der Waals surface area (Å²) in [6.07, 6.45) is 1.22. The monoisotopic (exact) mass is 415 g/mol. The lowest BCUT2D eigenvalue weighted by atomic mass is 9.86. The fourth-order valence-electron chi connectivity index (χ4n) is 4.55. The Kier molecular flexibility index (Phi) is 4.36. The number of nitriles is 1. The summed E-state index contributed by atoms with van der Waals surface area (Å²) in [6.45, 7) is 1.02. The molecule has 0 bridgehead atoms. The number of hydrogen-bond donors (Lipinski definition) is 1. The highest BCUT2D eigenvalue weighted by molar-refractivity contribution is 5.95. The molecule has 31 heavy (non-hydrogen) atoms. The SMILES string of the molecule is COc1cc(C(=O)N2CCC3(CC2)Oc2ccccc2-n2c(C#N)ccc23)ccc1O. The number of ether oxygens (including phenoxy) is 2. The van der Waals surface area contributed by atoms with Crippen molar-refractivity contribution in [3.8, 4) is 29.0 Å². The molecule has 0 radical (unpaired) electrons. The molecule has 5 rings (SSSR count). The zero-order valence-corrected chi connectivity index (χ0v) is 17.0. The first-order chi connectivity index (χ1) is 15.1. The lowest BCUT2D eigenvalue weighted by molar-refractivity contribution is -0.00938. The molecular formula is C24H21N3O4. The Morgan fingerprint density at radius 1 is 1.16 bits per heavy atom. The van der Waals surface area contributed by atoms with Crippen molar-refractivity contribution in [2.24, 2.45) is 0 Å². The lowest BCUT2D eigenvalue weighted by Crippen LogP contribution is -2.50. The Morgan fingerprint density at radius 3 is 2.68 bits per heavy atom. The van der Waals surface area contributed by atoms with E-state index in [1.165, 1.54) is 13.2 Å². The van der Waals surface area contributed by atoms with Crippen molar-refractivity contribution in [1.29, 1.82) is 5.26 Å². The van der Waals surface area contributed by atoms with Gasteiger partial charge in [0.2, 0.25) is 0 Å². The summed E-state index contributed by atoms with van der Waals surface area (Å²) >= 11 is 0. The fourth-order valence-corrected chi connectivity index (χ4v) is 4.55. The number of rotatable bonds is 2. The average Bonchev–Trinajstić information content (AvgIpc) is 3.25. The second-order valence-electron chi connectivity index (χ2n) is 7.79. The minimum Gasteiger partial charge on any atom is -0.504 e. The third-order valence-electron chi connectivity index (χ3n) is 6.16. The minimum atomic E-state index is -0.590. The number of fused-ring (bicyclic) bond motifs is 4. The van der Waals surface area contributed by atoms with E-state index in [2.05, 4.69) is 6.07 Å². The summed E-state index contributed by atoms with van der Waals surface area (Å²) < 4.78 is 13.6. The predicted octanol–water partition coefficient (Wildman–Crippen LogP) is 3.59. The molecule has 1 saturated heterocycles. The molecule has 1 N–H and O–H groups in total. The lowest BCUT2D eigenvalue weighted by Gasteiger charge is -2.45. The second-order valence-corrected chi connectivity index (χ2v) is 7.79. The van der Waals surface area contributed by atoms with Crippen LogP contribution >= 0.6 is 0 Å². The van der Waals surface area contributed by atoms with E-state index in [-0.39, 0.29) is 17.4 Å². The van der Waals surface area contributed by atoms with Gasteiger partial charge in [-0.2, -0.15) is 5.26 Å². The van der Waals surface area contributed by atoms with E-state index in [4.69, 9.17) is 9.47 Å². The van der Waals surface area contributed by atoms with Crippen LogP contribution in [0.1, 0.15) is 34.6 Å². The van der Waals surface area contributed by atoms with Gasteiger partial charge in [-0.1, -0.05) is 12.1 Å². The normalized spacial score (nSPS) is 16.1. The number of phenols is 1. The molecule has 0 atom stereocenters. The topological polar surface area (TPSA) is 87.7 Å². The maximum absolute atomic E-state index is 13.0. The molecule has 7 nitrogen and oxygen atoms in total. The highest BCUT2D eigenvalue weighted by Crippen LogP contribution is 2.46. The number of para-hydroxylation sites is 2. The number of methoxy groups -OCH3 is 1. The number of likely N-dealkylation sites (tertiary alicyclic amines) is 1. The number of nitrogens with zero attached hydrogens (tertiary/aromatic N) is 3. The van der Waals surface area contributed by atoms with E-state index in [0.29, 0.717) is 37.2 Å². The van der Waals surface area contributed by atoms with Crippen LogP contribution in [0.25, 0.3) is 5.69 Å². The van der Waals surface area contributed by atoms with Gasteiger partial charge in [0.1, 0.15) is 17.5 Å². The number of phenolic OH excluding ortho intramolecular Hbond substituents is 1. The van der Waals surface area contributed by atoms with Gasteiger partial charge < -0.3 is 19.5 Å². The second kappa shape index (κ2) is 7.10. The zero-order chi connectivity index (χ0) is 21.6. The Hall–Kier alpha value is -3.92. The molecule has 3 heterocycles. The van der Waals surface area contributed by atoms with E-state index in [1.54, 1.807) is 17.0 Å². The number of hydrogen-bond acceptors (Lipinski definition) is 5. The molecule has 1 fully saturated rings. The molecule has 3 aromatic rings. The number of amides is 1. The third kappa shape index (κ3) is 2.91. The molecule has 2 aliphatic rings. The highest BCUT2D eigenvalue weighted by Gasteiger charge is 2.45. The van der Waals surface area contributed by atoms with Crippen LogP contribution in [-0.2, 0) is 5.60 Å². The summed E-state index contributed by atoms with van der Waals surface area (Å²) in [5.74, 6) is 0.900. The van der Waals surface area contributed by atoms with Crippen molar-refractivity contribution in [1.82, 2.24) is 9.47 Å². The van der Waals surface area contributed by atoms with Gasteiger partial charge in [-0.05, 0) is 42.5 Å². The Balaban J connectivity index is 1.43. The van der Waals surface area contributed by atoms with Crippen molar-refractivity contribution < 1.29 is 19.4 Å². The number of benzene rings is 2. The van der Waals surface area contributed by atoms with Gasteiger partial charge in [0.25, 0.3) is 5.91 Å². The summed E-state index contributed by atoms with van der Waals surface area (Å²) in [5.41, 5.74) is 2.25. The number of piperidine rings is 1. The fraction of sp³-hybridized carbons (Fsp3) is 0.250. The number of carbonyl (C=O) groups is 1. The van der Waals surface area contributed by atoms with Crippen LogP contribution in [0.3, 0.4) is 0 Å². The van der Waals surface area contributed by atoms with Crippen LogP contribution < -0.4 is 9.47 Å². The predicted molar refractivity (Wildman–Crippen MR) is 113 cm³/mol. The first-order valence-corrected chi connectivity index (χ1v) is 10.1. The van der Waals surface area contributed by atoms with E-state index < -0.39 is 5.60 Å². The molecular weight excluding hydrogens is 394 g/mol. The third-order valence-corrected chi connectivity index (χ3v) is 6.16. The van der Waals surface area contributed by atoms with E-state index in [9.17, 15) is 15.2 Å². The van der Waals surface area contributed by atoms with Crippen molar-refractivity contribution in [2.45, 2.75) is 18.4 Å². The van der Waals surface area contributed by atoms with Crippen LogP contribution in [0, 0.1) is 11.3 Å². The zero-order valence-electron chi connectivity index (χ0n) is 17.0. The first-order valence-electron chi connectivity index (χ1n) is 10.1. The number of aromatic hydroxyl groups is 1. The molecule has 1 spiro atoms. The van der Waals surface area contributed by atoms with Crippen molar-refractivity contribution in [3.63, 3.8) is 0 Å². The number of aromatic nitrogens is 1. The summed E-state index contributed by atoms with van der Waals surface area (Å²) in [7, 11) is 1.46. The van der Waals surface area contributed by atoms with Gasteiger partial charge in [-0.25, -0.2) is 0 Å². The maximum atomic E-state index is 13.0. The van der Waals surface area contributed by atoms with Crippen LogP contribution in [0.4, 0.5) is 0 Å². The van der Waals surface area contributed by atoms with E-state index >= 15 is 0 Å². The molecule has 7 heteroatoms. The van der Waals surface area contributed by atoms with Crippen LogP contribution in [0.15, 0.2) is 54.6 Å². The molecule has 0 saturated carbocycles. The minimum absolute atomic E-state index is 0.0000213. The Bertz CT molecular complexity index is 1220. The van der Waals surface area contributed by atoms with Gasteiger partial charge >= 0.3 is 0 Å². The van der Waals surface area contributed by atoms with Crippen LogP contribution in [0.2, 0.25) is 0 Å². The van der Waals surface area contributed by atoms with Crippen LogP contribution in [-0.4, -0.2) is 40.7 Å². The molecule has 1 aromatic heterocycles. The Morgan fingerprint density at radius 2 is 1.94 bits per heavy atom. The van der Waals surface area contributed by atoms with Gasteiger partial charge in [0.15, 0.2) is 17.1 Å². The quantitative estimate of drug-likeness (QED) is 0.691. The molecule has 2 aliphatic heterocycles. The number of carbonyl (C=O) groups excluding carboxylic acids is 1. The molecule has 0 aliphatic carbocycles. The van der Waals surface area contributed by atoms with Gasteiger partial charge in [0.05, 0.1) is 18.5 Å². The summed E-state index contributed by atoms with van der Waals surface area (Å²) in [6, 6.07) is 18.4. The van der Waals surface area contributed by atoms with Crippen LogP contribution in [0.5, 0.6) is 17.2 Å². The first kappa shape index (κ1) is 19.1.